The van der Waals surface area contributed by atoms with E-state index in [1.54, 1.807) is 22.7 Å². The first-order valence-electron chi connectivity index (χ1n) is 12.8. The summed E-state index contributed by atoms with van der Waals surface area (Å²) in [4.78, 5) is 9.74. The summed E-state index contributed by atoms with van der Waals surface area (Å²) < 4.78 is 3.57. The molecule has 0 saturated carbocycles. The predicted molar refractivity (Wildman–Crippen MR) is 166 cm³/mol. The lowest BCUT2D eigenvalue weighted by Crippen LogP contribution is -1.95. The Bertz CT molecular complexity index is 2120. The topological polar surface area (TPSA) is 30.7 Å². The summed E-state index contributed by atoms with van der Waals surface area (Å²) >= 11 is 3.47. The minimum absolute atomic E-state index is 0.969. The van der Waals surface area contributed by atoms with Crippen LogP contribution < -0.4 is 0 Å². The lowest BCUT2D eigenvalue weighted by atomic mass is 10.1. The van der Waals surface area contributed by atoms with Crippen LogP contribution in [-0.2, 0) is 0 Å². The van der Waals surface area contributed by atoms with Crippen LogP contribution >= 0.6 is 22.7 Å². The van der Waals surface area contributed by atoms with Gasteiger partial charge in [-0.2, -0.15) is 11.3 Å². The lowest BCUT2D eigenvalue weighted by Gasteiger charge is -2.10. The minimum Gasteiger partial charge on any atom is -0.309 e. The van der Waals surface area contributed by atoms with Crippen LogP contribution in [0, 0.1) is 0 Å². The summed E-state index contributed by atoms with van der Waals surface area (Å²) in [6.07, 6.45) is 1.84. The van der Waals surface area contributed by atoms with E-state index in [0.29, 0.717) is 0 Å². The highest BCUT2D eigenvalue weighted by molar-refractivity contribution is 7.21. The average Bonchev–Trinajstić information content (AvgIpc) is 3.75. The Morgan fingerprint density at radius 3 is 2.44 bits per heavy atom. The van der Waals surface area contributed by atoms with E-state index in [4.69, 9.17) is 4.98 Å². The molecule has 184 valence electrons. The zero-order valence-corrected chi connectivity index (χ0v) is 22.4. The van der Waals surface area contributed by atoms with Crippen LogP contribution in [0.15, 0.2) is 126 Å². The van der Waals surface area contributed by atoms with Gasteiger partial charge in [-0.1, -0.05) is 60.7 Å². The van der Waals surface area contributed by atoms with E-state index in [1.165, 1.54) is 37.6 Å². The van der Waals surface area contributed by atoms with E-state index >= 15 is 0 Å². The maximum atomic E-state index is 5.16. The van der Waals surface area contributed by atoms with E-state index in [9.17, 15) is 0 Å². The van der Waals surface area contributed by atoms with Crippen molar-refractivity contribution in [3.8, 4) is 38.6 Å². The number of hydrogen-bond donors (Lipinski definition) is 0. The van der Waals surface area contributed by atoms with Gasteiger partial charge >= 0.3 is 0 Å². The third kappa shape index (κ3) is 3.70. The number of benzene rings is 4. The maximum absolute atomic E-state index is 5.16. The highest BCUT2D eigenvalue weighted by Crippen LogP contribution is 2.39. The number of fused-ring (bicyclic) bond motifs is 4. The van der Waals surface area contributed by atoms with Gasteiger partial charge in [0.15, 0.2) is 0 Å². The molecule has 8 rings (SSSR count). The number of para-hydroxylation sites is 2. The number of pyridine rings is 1. The van der Waals surface area contributed by atoms with Crippen molar-refractivity contribution in [3.05, 3.63) is 126 Å². The van der Waals surface area contributed by atoms with Crippen molar-refractivity contribution in [2.45, 2.75) is 0 Å². The van der Waals surface area contributed by atoms with Gasteiger partial charge < -0.3 is 4.57 Å². The highest BCUT2D eigenvalue weighted by atomic mass is 32.1. The summed E-state index contributed by atoms with van der Waals surface area (Å²) in [6, 6.07) is 38.7. The molecule has 4 aromatic carbocycles. The van der Waals surface area contributed by atoms with Crippen molar-refractivity contribution in [2.75, 3.05) is 0 Å². The first-order valence-corrected chi connectivity index (χ1v) is 14.6. The van der Waals surface area contributed by atoms with Crippen LogP contribution in [0.25, 0.3) is 70.7 Å². The number of aromatic nitrogens is 3. The summed E-state index contributed by atoms with van der Waals surface area (Å²) in [7, 11) is 0. The van der Waals surface area contributed by atoms with Crippen LogP contribution in [0.5, 0.6) is 0 Å². The Morgan fingerprint density at radius 1 is 0.641 bits per heavy atom. The predicted octanol–water partition coefficient (Wildman–Crippen LogP) is 9.85. The minimum atomic E-state index is 0.969. The molecule has 0 amide bonds. The third-order valence-corrected chi connectivity index (χ3v) is 8.99. The molecule has 4 heterocycles. The van der Waals surface area contributed by atoms with Gasteiger partial charge in [-0.05, 0) is 64.9 Å². The molecule has 5 heteroatoms. The Hall–Kier alpha value is -4.58. The number of nitrogens with zero attached hydrogens (tertiary/aromatic N) is 3. The molecular formula is C34H21N3S2. The molecule has 0 aliphatic carbocycles. The normalized spacial score (nSPS) is 11.6. The Morgan fingerprint density at radius 2 is 1.54 bits per heavy atom. The van der Waals surface area contributed by atoms with E-state index in [1.807, 2.05) is 18.3 Å². The fourth-order valence-corrected chi connectivity index (χ4v) is 7.09. The van der Waals surface area contributed by atoms with Gasteiger partial charge in [0.05, 0.1) is 26.9 Å². The molecule has 0 unspecified atom stereocenters. The first-order chi connectivity index (χ1) is 19.3. The molecule has 39 heavy (non-hydrogen) atoms. The molecule has 0 fully saturated rings. The van der Waals surface area contributed by atoms with Crippen molar-refractivity contribution in [1.82, 2.24) is 14.5 Å². The Balaban J connectivity index is 1.34. The molecule has 0 bridgehead atoms. The summed E-state index contributed by atoms with van der Waals surface area (Å²) in [5.41, 5.74) is 10.2. The molecule has 0 saturated heterocycles. The van der Waals surface area contributed by atoms with Gasteiger partial charge in [-0.25, -0.2) is 4.98 Å². The monoisotopic (exact) mass is 535 g/mol. The average molecular weight is 536 g/mol. The molecule has 0 spiro atoms. The quantitative estimate of drug-likeness (QED) is 0.224. The lowest BCUT2D eigenvalue weighted by molar-refractivity contribution is 1.18. The zero-order valence-electron chi connectivity index (χ0n) is 20.8. The van der Waals surface area contributed by atoms with Crippen molar-refractivity contribution >= 4 is 54.7 Å². The van der Waals surface area contributed by atoms with E-state index in [-0.39, 0.29) is 0 Å². The number of rotatable bonds is 4. The zero-order chi connectivity index (χ0) is 25.8. The van der Waals surface area contributed by atoms with Crippen LogP contribution in [0.3, 0.4) is 0 Å². The smallest absolute Gasteiger partial charge is 0.124 e. The molecule has 0 aliphatic rings. The highest BCUT2D eigenvalue weighted by Gasteiger charge is 2.16. The summed E-state index contributed by atoms with van der Waals surface area (Å²) in [5.74, 6) is 0. The van der Waals surface area contributed by atoms with Crippen LogP contribution in [0.1, 0.15) is 0 Å². The van der Waals surface area contributed by atoms with E-state index in [0.717, 1.165) is 33.0 Å². The molecule has 3 nitrogen and oxygen atoms in total. The largest absolute Gasteiger partial charge is 0.309 e. The molecule has 0 aliphatic heterocycles. The van der Waals surface area contributed by atoms with Crippen LogP contribution in [-0.4, -0.2) is 14.5 Å². The SMILES string of the molecule is c1ccc(-c2cccc(-n3c4ccccc4c4ccc(-c5nc6c(-c7ccsc7)cccc6s5)cc43)c2)nc1. The number of thiazole rings is 1. The third-order valence-electron chi connectivity index (χ3n) is 7.24. The van der Waals surface area contributed by atoms with E-state index < -0.39 is 0 Å². The fraction of sp³-hybridized carbons (Fsp3) is 0. The standard InChI is InChI=1S/C34H21N3S2/c1-2-12-30-27(9-1)28-15-14-23(34-36-33-26(24-16-18-38-21-24)10-6-13-32(33)39-34)20-31(28)37(30)25-8-5-7-22(19-25)29-11-3-4-17-35-29/h1-21H. The molecule has 0 radical (unpaired) electrons. The second kappa shape index (κ2) is 9.02. The first kappa shape index (κ1) is 22.4. The molecule has 8 aromatic rings. The molecular weight excluding hydrogens is 515 g/mol. The van der Waals surface area contributed by atoms with Gasteiger partial charge in [0.1, 0.15) is 5.01 Å². The second-order valence-corrected chi connectivity index (χ2v) is 11.3. The van der Waals surface area contributed by atoms with Crippen LogP contribution in [0.4, 0.5) is 0 Å². The van der Waals surface area contributed by atoms with Crippen molar-refractivity contribution in [1.29, 1.82) is 0 Å². The Kier molecular flexibility index (Phi) is 5.18. The van der Waals surface area contributed by atoms with E-state index in [2.05, 4.69) is 117 Å². The van der Waals surface area contributed by atoms with Gasteiger partial charge in [0.2, 0.25) is 0 Å². The van der Waals surface area contributed by atoms with Crippen LogP contribution in [0.2, 0.25) is 0 Å². The number of hydrogen-bond acceptors (Lipinski definition) is 4. The van der Waals surface area contributed by atoms with Gasteiger partial charge in [-0.15, -0.1) is 11.3 Å². The van der Waals surface area contributed by atoms with Gasteiger partial charge in [-0.3, -0.25) is 4.98 Å². The summed E-state index contributed by atoms with van der Waals surface area (Å²) in [5, 5.41) is 7.83. The summed E-state index contributed by atoms with van der Waals surface area (Å²) in [6.45, 7) is 0. The molecule has 0 atom stereocenters. The Labute approximate surface area is 233 Å². The van der Waals surface area contributed by atoms with Crippen molar-refractivity contribution in [2.24, 2.45) is 0 Å². The maximum Gasteiger partial charge on any atom is 0.124 e. The number of thiophene rings is 1. The van der Waals surface area contributed by atoms with Gasteiger partial charge in [0.25, 0.3) is 0 Å². The second-order valence-electron chi connectivity index (χ2n) is 9.53. The molecule has 4 aromatic heterocycles. The van der Waals surface area contributed by atoms with Gasteiger partial charge in [0, 0.05) is 39.3 Å². The van der Waals surface area contributed by atoms with Crippen molar-refractivity contribution < 1.29 is 0 Å². The fourth-order valence-electron chi connectivity index (χ4n) is 5.44. The molecule has 0 N–H and O–H groups in total. The van der Waals surface area contributed by atoms with Crippen molar-refractivity contribution in [3.63, 3.8) is 0 Å².